The van der Waals surface area contributed by atoms with Gasteiger partial charge < -0.3 is 10.2 Å². The number of aliphatic imine (C=N–C) groups is 1. The van der Waals surface area contributed by atoms with Crippen LogP contribution in [0.5, 0.6) is 0 Å². The molecule has 134 valence electrons. The summed E-state index contributed by atoms with van der Waals surface area (Å²) in [5.74, 6) is 0.929. The number of guanidine groups is 1. The van der Waals surface area contributed by atoms with E-state index in [4.69, 9.17) is 0 Å². The molecular weight excluding hydrogens is 303 g/mol. The molecular formula is C19H31FN4. The van der Waals surface area contributed by atoms with Gasteiger partial charge in [0.25, 0.3) is 0 Å². The number of halogens is 1. The Hall–Kier alpha value is -1.62. The Labute approximate surface area is 145 Å². The lowest BCUT2D eigenvalue weighted by molar-refractivity contribution is 0.127. The van der Waals surface area contributed by atoms with E-state index in [1.165, 1.54) is 5.56 Å². The summed E-state index contributed by atoms with van der Waals surface area (Å²) in [6, 6.07) is 11.3. The highest BCUT2D eigenvalue weighted by Gasteiger charge is 2.25. The van der Waals surface area contributed by atoms with E-state index in [2.05, 4.69) is 64.3 Å². The van der Waals surface area contributed by atoms with Gasteiger partial charge in [0.2, 0.25) is 0 Å². The van der Waals surface area contributed by atoms with Gasteiger partial charge in [-0.1, -0.05) is 37.3 Å². The zero-order chi connectivity index (χ0) is 17.2. The van der Waals surface area contributed by atoms with Crippen molar-refractivity contribution >= 4 is 5.96 Å². The molecule has 24 heavy (non-hydrogen) atoms. The minimum absolute atomic E-state index is 0.300. The van der Waals surface area contributed by atoms with Crippen LogP contribution in [0.4, 0.5) is 4.39 Å². The van der Waals surface area contributed by atoms with Crippen LogP contribution in [0.15, 0.2) is 35.3 Å². The van der Waals surface area contributed by atoms with Crippen molar-refractivity contribution in [2.24, 2.45) is 4.99 Å². The van der Waals surface area contributed by atoms with Crippen LogP contribution in [0.2, 0.25) is 0 Å². The minimum atomic E-state index is -0.300. The Bertz CT molecular complexity index is 483. The zero-order valence-corrected chi connectivity index (χ0v) is 15.0. The molecule has 1 fully saturated rings. The molecule has 1 N–H and O–H groups in total. The van der Waals surface area contributed by atoms with Crippen molar-refractivity contribution in [1.29, 1.82) is 0 Å². The average molecular weight is 334 g/mol. The first-order valence-corrected chi connectivity index (χ1v) is 9.18. The van der Waals surface area contributed by atoms with E-state index in [-0.39, 0.29) is 6.67 Å². The standard InChI is InChI=1S/C19H31FN4/c1-3-18(17-9-6-5-7-10-17)23-13-15-24(16-14-23)19(21-4-2)22-12-8-11-20/h5-7,9-10,18H,3-4,8,11-16H2,1-2H3,(H,21,22). The molecule has 0 aliphatic carbocycles. The van der Waals surface area contributed by atoms with E-state index in [0.717, 1.165) is 45.1 Å². The normalized spacial score (nSPS) is 17.8. The molecule has 4 nitrogen and oxygen atoms in total. The first kappa shape index (κ1) is 18.7. The molecule has 1 heterocycles. The first-order chi connectivity index (χ1) is 11.8. The lowest BCUT2D eigenvalue weighted by Crippen LogP contribution is -2.53. The number of hydrogen-bond donors (Lipinski definition) is 1. The Morgan fingerprint density at radius 2 is 1.88 bits per heavy atom. The number of benzene rings is 1. The second kappa shape index (κ2) is 10.3. The van der Waals surface area contributed by atoms with E-state index < -0.39 is 0 Å². The highest BCUT2D eigenvalue weighted by molar-refractivity contribution is 5.80. The van der Waals surface area contributed by atoms with Crippen molar-refractivity contribution in [3.63, 3.8) is 0 Å². The van der Waals surface area contributed by atoms with Crippen LogP contribution in [0.25, 0.3) is 0 Å². The fraction of sp³-hybridized carbons (Fsp3) is 0.632. The number of rotatable bonds is 7. The van der Waals surface area contributed by atoms with Crippen LogP contribution < -0.4 is 5.32 Å². The monoisotopic (exact) mass is 334 g/mol. The topological polar surface area (TPSA) is 30.9 Å². The third kappa shape index (κ3) is 5.20. The smallest absolute Gasteiger partial charge is 0.194 e. The van der Waals surface area contributed by atoms with Crippen molar-refractivity contribution in [1.82, 2.24) is 15.1 Å². The van der Waals surface area contributed by atoms with E-state index in [1.54, 1.807) is 0 Å². The molecule has 0 bridgehead atoms. The number of piperazine rings is 1. The summed E-state index contributed by atoms with van der Waals surface area (Å²) in [7, 11) is 0. The molecule has 1 aliphatic rings. The van der Waals surface area contributed by atoms with Crippen LogP contribution in [0.3, 0.4) is 0 Å². The number of nitrogens with one attached hydrogen (secondary N) is 1. The summed E-state index contributed by atoms with van der Waals surface area (Å²) in [5, 5.41) is 3.34. The molecule has 1 unspecified atom stereocenters. The highest BCUT2D eigenvalue weighted by Crippen LogP contribution is 2.25. The summed E-state index contributed by atoms with van der Waals surface area (Å²) in [6.45, 7) is 9.41. The number of alkyl halides is 1. The first-order valence-electron chi connectivity index (χ1n) is 9.18. The quantitative estimate of drug-likeness (QED) is 0.472. The van der Waals surface area contributed by atoms with Crippen LogP contribution in [-0.2, 0) is 0 Å². The largest absolute Gasteiger partial charge is 0.357 e. The van der Waals surface area contributed by atoms with Gasteiger partial charge >= 0.3 is 0 Å². The highest BCUT2D eigenvalue weighted by atomic mass is 19.1. The van der Waals surface area contributed by atoms with Gasteiger partial charge in [-0.05, 0) is 25.3 Å². The Morgan fingerprint density at radius 3 is 2.46 bits per heavy atom. The predicted molar refractivity (Wildman–Crippen MR) is 99.2 cm³/mol. The summed E-state index contributed by atoms with van der Waals surface area (Å²) in [4.78, 5) is 9.42. The van der Waals surface area contributed by atoms with Crippen LogP contribution in [0.1, 0.15) is 38.3 Å². The molecule has 0 radical (unpaired) electrons. The lowest BCUT2D eigenvalue weighted by atomic mass is 10.0. The maximum absolute atomic E-state index is 12.3. The molecule has 1 aromatic rings. The molecule has 0 amide bonds. The van der Waals surface area contributed by atoms with Crippen molar-refractivity contribution in [2.75, 3.05) is 45.9 Å². The Kier molecular flexibility index (Phi) is 8.02. The van der Waals surface area contributed by atoms with E-state index in [9.17, 15) is 4.39 Å². The van der Waals surface area contributed by atoms with Crippen molar-refractivity contribution in [2.45, 2.75) is 32.7 Å². The summed E-state index contributed by atoms with van der Waals surface area (Å²) in [6.07, 6.45) is 1.62. The predicted octanol–water partition coefficient (Wildman–Crippen LogP) is 3.08. The zero-order valence-electron chi connectivity index (χ0n) is 15.0. The summed E-state index contributed by atoms with van der Waals surface area (Å²) >= 11 is 0. The van der Waals surface area contributed by atoms with Crippen molar-refractivity contribution in [3.8, 4) is 0 Å². The van der Waals surface area contributed by atoms with Gasteiger partial charge in [0.05, 0.1) is 6.67 Å². The fourth-order valence-electron chi connectivity index (χ4n) is 3.30. The minimum Gasteiger partial charge on any atom is -0.357 e. The molecule has 0 spiro atoms. The van der Waals surface area contributed by atoms with Gasteiger partial charge in [0.15, 0.2) is 5.96 Å². The van der Waals surface area contributed by atoms with Gasteiger partial charge in [0.1, 0.15) is 0 Å². The fourth-order valence-corrected chi connectivity index (χ4v) is 3.30. The molecule has 1 aromatic carbocycles. The number of nitrogens with zero attached hydrogens (tertiary/aromatic N) is 3. The van der Waals surface area contributed by atoms with Crippen LogP contribution in [0, 0.1) is 0 Å². The Balaban J connectivity index is 1.94. The second-order valence-corrected chi connectivity index (χ2v) is 6.14. The van der Waals surface area contributed by atoms with E-state index >= 15 is 0 Å². The van der Waals surface area contributed by atoms with Gasteiger partial charge in [0, 0.05) is 45.3 Å². The van der Waals surface area contributed by atoms with Gasteiger partial charge in [-0.15, -0.1) is 0 Å². The molecule has 0 aromatic heterocycles. The van der Waals surface area contributed by atoms with Crippen molar-refractivity contribution < 1.29 is 4.39 Å². The second-order valence-electron chi connectivity index (χ2n) is 6.14. The van der Waals surface area contributed by atoms with E-state index in [0.29, 0.717) is 19.0 Å². The van der Waals surface area contributed by atoms with Crippen LogP contribution in [-0.4, -0.2) is 61.7 Å². The Morgan fingerprint density at radius 1 is 1.17 bits per heavy atom. The maximum Gasteiger partial charge on any atom is 0.194 e. The SMILES string of the molecule is CCNC(=NCCCF)N1CCN(C(CC)c2ccccc2)CC1. The summed E-state index contributed by atoms with van der Waals surface area (Å²) in [5.41, 5.74) is 1.40. The van der Waals surface area contributed by atoms with Crippen molar-refractivity contribution in [3.05, 3.63) is 35.9 Å². The molecule has 2 rings (SSSR count). The lowest BCUT2D eigenvalue weighted by Gasteiger charge is -2.40. The van der Waals surface area contributed by atoms with Crippen LogP contribution >= 0.6 is 0 Å². The average Bonchev–Trinajstić information content (AvgIpc) is 2.63. The van der Waals surface area contributed by atoms with Gasteiger partial charge in [-0.3, -0.25) is 14.3 Å². The number of hydrogen-bond acceptors (Lipinski definition) is 2. The third-order valence-corrected chi connectivity index (χ3v) is 4.51. The molecule has 1 aliphatic heterocycles. The molecule has 1 saturated heterocycles. The molecule has 5 heteroatoms. The maximum atomic E-state index is 12.3. The summed E-state index contributed by atoms with van der Waals surface area (Å²) < 4.78 is 12.3. The third-order valence-electron chi connectivity index (χ3n) is 4.51. The molecule has 1 atom stereocenters. The van der Waals surface area contributed by atoms with E-state index in [1.807, 2.05) is 0 Å². The molecule has 0 saturated carbocycles. The van der Waals surface area contributed by atoms with Gasteiger partial charge in [-0.25, -0.2) is 0 Å². The van der Waals surface area contributed by atoms with Gasteiger partial charge in [-0.2, -0.15) is 0 Å².